The second kappa shape index (κ2) is 5.83. The van der Waals surface area contributed by atoms with Crippen molar-refractivity contribution in [2.24, 2.45) is 7.05 Å². The number of amides is 1. The minimum atomic E-state index is -1.11. The highest BCUT2D eigenvalue weighted by Gasteiger charge is 2.23. The molecular formula is C12H20N4O3. The zero-order valence-corrected chi connectivity index (χ0v) is 11.6. The topological polar surface area (TPSA) is 96.2 Å². The molecule has 0 aromatic carbocycles. The third-order valence-corrected chi connectivity index (χ3v) is 2.39. The molecule has 0 bridgehead atoms. The van der Waals surface area contributed by atoms with Gasteiger partial charge < -0.3 is 15.7 Å². The van der Waals surface area contributed by atoms with E-state index < -0.39 is 12.0 Å². The number of rotatable bonds is 5. The van der Waals surface area contributed by atoms with Crippen LogP contribution in [0.2, 0.25) is 0 Å². The first-order valence-electron chi connectivity index (χ1n) is 5.95. The number of hydrogen-bond acceptors (Lipinski definition) is 4. The lowest BCUT2D eigenvalue weighted by molar-refractivity contribution is -0.141. The molecule has 1 rings (SSSR count). The largest absolute Gasteiger partial charge is 0.479 e. The van der Waals surface area contributed by atoms with Crippen LogP contribution in [0.4, 0.5) is 0 Å². The van der Waals surface area contributed by atoms with Crippen LogP contribution in [0, 0.1) is 0 Å². The lowest BCUT2D eigenvalue weighted by Gasteiger charge is -2.21. The van der Waals surface area contributed by atoms with Gasteiger partial charge in [0.1, 0.15) is 0 Å². The van der Waals surface area contributed by atoms with Crippen LogP contribution in [0.25, 0.3) is 0 Å². The van der Waals surface area contributed by atoms with E-state index in [0.29, 0.717) is 5.56 Å². The van der Waals surface area contributed by atoms with Gasteiger partial charge in [-0.05, 0) is 20.8 Å². The van der Waals surface area contributed by atoms with Gasteiger partial charge >= 0.3 is 5.97 Å². The summed E-state index contributed by atoms with van der Waals surface area (Å²) in [5, 5.41) is 18.5. The lowest BCUT2D eigenvalue weighted by atomic mass is 10.1. The van der Waals surface area contributed by atoms with E-state index in [-0.39, 0.29) is 18.0 Å². The smallest absolute Gasteiger partial charge is 0.331 e. The average Bonchev–Trinajstić information content (AvgIpc) is 2.68. The second-order valence-corrected chi connectivity index (χ2v) is 5.39. The van der Waals surface area contributed by atoms with Gasteiger partial charge in [0, 0.05) is 24.3 Å². The molecule has 0 saturated carbocycles. The number of aryl methyl sites for hydroxylation is 1. The molecule has 0 aliphatic rings. The van der Waals surface area contributed by atoms with E-state index in [0.717, 1.165) is 0 Å². The molecule has 1 amide bonds. The minimum absolute atomic E-state index is 0.0630. The molecular weight excluding hydrogens is 248 g/mol. The predicted octanol–water partition coefficient (Wildman–Crippen LogP) is 0.0501. The number of carboxylic acid groups (broad SMARTS) is 1. The molecule has 1 unspecified atom stereocenters. The number of carbonyl (C=O) groups excluding carboxylic acids is 1. The fourth-order valence-electron chi connectivity index (χ4n) is 1.43. The first-order valence-corrected chi connectivity index (χ1v) is 5.95. The van der Waals surface area contributed by atoms with Crippen molar-refractivity contribution in [2.45, 2.75) is 32.4 Å². The first kappa shape index (κ1) is 15.2. The van der Waals surface area contributed by atoms with Gasteiger partial charge in [0.05, 0.1) is 12.7 Å². The van der Waals surface area contributed by atoms with Crippen molar-refractivity contribution >= 4 is 11.9 Å². The Kier molecular flexibility index (Phi) is 4.66. The molecule has 0 radical (unpaired) electrons. The highest BCUT2D eigenvalue weighted by molar-refractivity contribution is 5.85. The van der Waals surface area contributed by atoms with E-state index in [1.807, 2.05) is 20.8 Å². The number of aromatic nitrogens is 2. The number of hydrogen-bond donors (Lipinski definition) is 3. The quantitative estimate of drug-likeness (QED) is 0.701. The van der Waals surface area contributed by atoms with E-state index in [1.54, 1.807) is 13.2 Å². The van der Waals surface area contributed by atoms with Crippen LogP contribution in [0.15, 0.2) is 12.4 Å². The maximum absolute atomic E-state index is 11.7. The Morgan fingerprint density at radius 2 is 2.11 bits per heavy atom. The molecule has 0 spiro atoms. The van der Waals surface area contributed by atoms with Gasteiger partial charge in [-0.2, -0.15) is 5.10 Å². The third-order valence-electron chi connectivity index (χ3n) is 2.39. The molecule has 1 aromatic rings. The Bertz CT molecular complexity index is 462. The van der Waals surface area contributed by atoms with Crippen molar-refractivity contribution in [3.63, 3.8) is 0 Å². The summed E-state index contributed by atoms with van der Waals surface area (Å²) in [6, 6.07) is -1.08. The number of carboxylic acids is 1. The Morgan fingerprint density at radius 1 is 1.47 bits per heavy atom. The Balaban J connectivity index is 2.65. The first-order chi connectivity index (χ1) is 8.69. The molecule has 19 heavy (non-hydrogen) atoms. The van der Waals surface area contributed by atoms with E-state index in [1.165, 1.54) is 10.9 Å². The highest BCUT2D eigenvalue weighted by atomic mass is 16.4. The van der Waals surface area contributed by atoms with Crippen LogP contribution < -0.4 is 10.6 Å². The number of nitrogens with zero attached hydrogens (tertiary/aromatic N) is 2. The summed E-state index contributed by atoms with van der Waals surface area (Å²) >= 11 is 0. The van der Waals surface area contributed by atoms with Crippen molar-refractivity contribution < 1.29 is 14.7 Å². The van der Waals surface area contributed by atoms with Crippen molar-refractivity contribution in [2.75, 3.05) is 6.54 Å². The van der Waals surface area contributed by atoms with Gasteiger partial charge in [-0.15, -0.1) is 0 Å². The lowest BCUT2D eigenvalue weighted by Crippen LogP contribution is -2.45. The second-order valence-electron chi connectivity index (χ2n) is 5.39. The SMILES string of the molecule is Cn1cc(C(NC(=O)CNC(C)(C)C)C(=O)O)cn1. The molecule has 0 aliphatic heterocycles. The normalized spacial score (nSPS) is 13.1. The Labute approximate surface area is 112 Å². The number of carbonyl (C=O) groups is 2. The number of aliphatic carboxylic acids is 1. The molecule has 0 saturated heterocycles. The van der Waals surface area contributed by atoms with Gasteiger partial charge in [0.2, 0.25) is 5.91 Å². The van der Waals surface area contributed by atoms with Gasteiger partial charge in [-0.3, -0.25) is 9.48 Å². The monoisotopic (exact) mass is 268 g/mol. The summed E-state index contributed by atoms with van der Waals surface area (Å²) in [5.41, 5.74) is 0.240. The van der Waals surface area contributed by atoms with Crippen molar-refractivity contribution in [1.29, 1.82) is 0 Å². The molecule has 1 atom stereocenters. The molecule has 1 aromatic heterocycles. The van der Waals surface area contributed by atoms with Crippen LogP contribution in [0.5, 0.6) is 0 Å². The molecule has 1 heterocycles. The van der Waals surface area contributed by atoms with Crippen molar-refractivity contribution in [3.8, 4) is 0 Å². The van der Waals surface area contributed by atoms with E-state index in [9.17, 15) is 9.59 Å². The molecule has 3 N–H and O–H groups in total. The average molecular weight is 268 g/mol. The summed E-state index contributed by atoms with van der Waals surface area (Å²) < 4.78 is 1.49. The fourth-order valence-corrected chi connectivity index (χ4v) is 1.43. The zero-order valence-electron chi connectivity index (χ0n) is 11.6. The molecule has 106 valence electrons. The van der Waals surface area contributed by atoms with Crippen molar-refractivity contribution in [1.82, 2.24) is 20.4 Å². The maximum Gasteiger partial charge on any atom is 0.331 e. The van der Waals surface area contributed by atoms with Gasteiger partial charge in [0.25, 0.3) is 0 Å². The maximum atomic E-state index is 11.7. The minimum Gasteiger partial charge on any atom is -0.479 e. The van der Waals surface area contributed by atoms with Crippen LogP contribution >= 0.6 is 0 Å². The molecule has 7 nitrogen and oxygen atoms in total. The van der Waals surface area contributed by atoms with Gasteiger partial charge in [0.15, 0.2) is 6.04 Å². The standard InChI is InChI=1S/C12H20N4O3/c1-12(2,3)13-6-9(17)15-10(11(18)19)8-5-14-16(4)7-8/h5,7,10,13H,6H2,1-4H3,(H,15,17)(H,18,19). The van der Waals surface area contributed by atoms with Crippen molar-refractivity contribution in [3.05, 3.63) is 18.0 Å². The van der Waals surface area contributed by atoms with Crippen LogP contribution in [-0.2, 0) is 16.6 Å². The Hall–Kier alpha value is -1.89. The van der Waals surface area contributed by atoms with Gasteiger partial charge in [-0.25, -0.2) is 4.79 Å². The van der Waals surface area contributed by atoms with Crippen LogP contribution in [0.1, 0.15) is 32.4 Å². The Morgan fingerprint density at radius 3 is 2.53 bits per heavy atom. The zero-order chi connectivity index (χ0) is 14.6. The van der Waals surface area contributed by atoms with Gasteiger partial charge in [-0.1, -0.05) is 0 Å². The molecule has 0 aliphatic carbocycles. The summed E-state index contributed by atoms with van der Waals surface area (Å²) in [6.07, 6.45) is 2.99. The molecule has 7 heteroatoms. The highest BCUT2D eigenvalue weighted by Crippen LogP contribution is 2.11. The van der Waals surface area contributed by atoms with Crippen LogP contribution in [0.3, 0.4) is 0 Å². The van der Waals surface area contributed by atoms with Crippen LogP contribution in [-0.4, -0.2) is 38.8 Å². The summed E-state index contributed by atoms with van der Waals surface area (Å²) in [4.78, 5) is 22.9. The van der Waals surface area contributed by atoms with E-state index in [4.69, 9.17) is 5.11 Å². The fraction of sp³-hybridized carbons (Fsp3) is 0.583. The van der Waals surface area contributed by atoms with E-state index >= 15 is 0 Å². The molecule has 0 fully saturated rings. The predicted molar refractivity (Wildman–Crippen MR) is 69.5 cm³/mol. The third kappa shape index (κ3) is 5.09. The summed E-state index contributed by atoms with van der Waals surface area (Å²) in [7, 11) is 1.69. The number of nitrogens with one attached hydrogen (secondary N) is 2. The summed E-state index contributed by atoms with van der Waals surface area (Å²) in [6.45, 7) is 5.84. The summed E-state index contributed by atoms with van der Waals surface area (Å²) in [5.74, 6) is -1.48. The van der Waals surface area contributed by atoms with E-state index in [2.05, 4.69) is 15.7 Å².